The molecule has 0 unspecified atom stereocenters. The number of rotatable bonds is 6. The molecular weight excluding hydrogens is 439 g/mol. The first-order valence-electron chi connectivity index (χ1n) is 10.3. The van der Waals surface area contributed by atoms with Crippen molar-refractivity contribution in [3.63, 3.8) is 0 Å². The first-order valence-corrected chi connectivity index (χ1v) is 10.3. The zero-order valence-electron chi connectivity index (χ0n) is 19.4. The summed E-state index contributed by atoms with van der Waals surface area (Å²) in [6, 6.07) is 8.28. The largest absolute Gasteiger partial charge is 0.506 e. The molecule has 0 bridgehead atoms. The molecule has 2 aromatic carbocycles. The Labute approximate surface area is 190 Å². The summed E-state index contributed by atoms with van der Waals surface area (Å²) in [4.78, 5) is 26.2. The molecule has 0 aliphatic rings. The number of phenols is 1. The molecule has 0 fully saturated rings. The molecule has 2 rings (SSSR count). The number of carbonyl (C=O) groups excluding carboxylic acids is 2. The molecule has 0 spiro atoms. The van der Waals surface area contributed by atoms with Crippen molar-refractivity contribution >= 4 is 17.6 Å². The van der Waals surface area contributed by atoms with Gasteiger partial charge in [0.25, 0.3) is 0 Å². The Bertz CT molecular complexity index is 1010. The Hall–Kier alpha value is -3.23. The third-order valence-electron chi connectivity index (χ3n) is 4.62. The average molecular weight is 467 g/mol. The molecule has 0 atom stereocenters. The molecule has 1 N–H and O–H groups in total. The van der Waals surface area contributed by atoms with Gasteiger partial charge in [-0.2, -0.15) is 13.2 Å². The number of aromatic hydroxyl groups is 1. The summed E-state index contributed by atoms with van der Waals surface area (Å²) in [5.41, 5.74) is -2.24. The van der Waals surface area contributed by atoms with Crippen molar-refractivity contribution in [3.05, 3.63) is 53.1 Å². The monoisotopic (exact) mass is 467 g/mol. The van der Waals surface area contributed by atoms with E-state index in [-0.39, 0.29) is 24.0 Å². The van der Waals surface area contributed by atoms with Crippen molar-refractivity contribution in [2.45, 2.75) is 53.0 Å². The smallest absolute Gasteiger partial charge is 0.419 e. The Morgan fingerprint density at radius 3 is 2.09 bits per heavy atom. The molecule has 2 aromatic rings. The van der Waals surface area contributed by atoms with Crippen LogP contribution in [0.15, 0.2) is 36.4 Å². The summed E-state index contributed by atoms with van der Waals surface area (Å²) in [6.45, 7) is 7.98. The standard InChI is InChI=1S/C24H28F3NO5/c1-14(2)21(30)28(6)16-8-10-17(11-9-16)32-13-15-7-12-18(24(25,26)27)20(29)19(15)22(31)33-23(3,4)5/h7-12,14,29H,13H2,1-6H3. The highest BCUT2D eigenvalue weighted by atomic mass is 19.4. The minimum atomic E-state index is -4.85. The number of esters is 1. The molecule has 0 heterocycles. The molecule has 9 heteroatoms. The van der Waals surface area contributed by atoms with Crippen LogP contribution in [-0.2, 0) is 22.3 Å². The number of nitrogens with zero attached hydrogens (tertiary/aromatic N) is 1. The van der Waals surface area contributed by atoms with Crippen LogP contribution < -0.4 is 9.64 Å². The van der Waals surface area contributed by atoms with Crippen molar-refractivity contribution in [2.75, 3.05) is 11.9 Å². The Morgan fingerprint density at radius 2 is 1.61 bits per heavy atom. The average Bonchev–Trinajstić information content (AvgIpc) is 2.69. The molecule has 0 aromatic heterocycles. The van der Waals surface area contributed by atoms with E-state index >= 15 is 0 Å². The van der Waals surface area contributed by atoms with Gasteiger partial charge in [-0.1, -0.05) is 19.9 Å². The second-order valence-corrected chi connectivity index (χ2v) is 8.83. The number of phenolic OH excluding ortho intramolecular Hbond substituents is 1. The number of amides is 1. The van der Waals surface area contributed by atoms with Gasteiger partial charge in [0.2, 0.25) is 5.91 Å². The molecule has 180 valence electrons. The first-order chi connectivity index (χ1) is 15.1. The summed E-state index contributed by atoms with van der Waals surface area (Å²) in [5.74, 6) is -2.18. The fourth-order valence-electron chi connectivity index (χ4n) is 2.98. The lowest BCUT2D eigenvalue weighted by atomic mass is 10.0. The molecule has 0 aliphatic heterocycles. The van der Waals surface area contributed by atoms with Crippen LogP contribution in [0.25, 0.3) is 0 Å². The van der Waals surface area contributed by atoms with Gasteiger partial charge in [-0.05, 0) is 51.1 Å². The highest BCUT2D eigenvalue weighted by Crippen LogP contribution is 2.39. The van der Waals surface area contributed by atoms with E-state index in [1.165, 1.54) is 4.90 Å². The topological polar surface area (TPSA) is 76.1 Å². The first kappa shape index (κ1) is 26.0. The van der Waals surface area contributed by atoms with Gasteiger partial charge >= 0.3 is 12.1 Å². The fraction of sp³-hybridized carbons (Fsp3) is 0.417. The summed E-state index contributed by atoms with van der Waals surface area (Å²) in [5, 5.41) is 10.3. The van der Waals surface area contributed by atoms with Gasteiger partial charge in [-0.25, -0.2) is 4.79 Å². The number of carbonyl (C=O) groups is 2. The number of alkyl halides is 3. The molecule has 0 saturated heterocycles. The van der Waals surface area contributed by atoms with Crippen LogP contribution >= 0.6 is 0 Å². The number of ether oxygens (including phenoxy) is 2. The lowest BCUT2D eigenvalue weighted by Crippen LogP contribution is -2.30. The van der Waals surface area contributed by atoms with Crippen LogP contribution in [-0.4, -0.2) is 29.6 Å². The Morgan fingerprint density at radius 1 is 1.03 bits per heavy atom. The van der Waals surface area contributed by atoms with Gasteiger partial charge in [-0.15, -0.1) is 0 Å². The van der Waals surface area contributed by atoms with E-state index in [4.69, 9.17) is 9.47 Å². The number of hydrogen-bond acceptors (Lipinski definition) is 5. The minimum absolute atomic E-state index is 0.0333. The van der Waals surface area contributed by atoms with Crippen molar-refractivity contribution < 1.29 is 37.3 Å². The highest BCUT2D eigenvalue weighted by Gasteiger charge is 2.37. The zero-order valence-corrected chi connectivity index (χ0v) is 19.4. The molecule has 0 aliphatic carbocycles. The van der Waals surface area contributed by atoms with Gasteiger partial charge < -0.3 is 19.5 Å². The predicted molar refractivity (Wildman–Crippen MR) is 117 cm³/mol. The number of halogens is 3. The molecule has 6 nitrogen and oxygen atoms in total. The Balaban J connectivity index is 2.31. The molecule has 0 radical (unpaired) electrons. The van der Waals surface area contributed by atoms with E-state index in [1.807, 2.05) is 0 Å². The van der Waals surface area contributed by atoms with Gasteiger partial charge in [0.1, 0.15) is 29.3 Å². The van der Waals surface area contributed by atoms with Crippen LogP contribution in [0.1, 0.15) is 56.1 Å². The minimum Gasteiger partial charge on any atom is -0.506 e. The van der Waals surface area contributed by atoms with Crippen molar-refractivity contribution in [2.24, 2.45) is 5.92 Å². The van der Waals surface area contributed by atoms with Crippen LogP contribution in [0.5, 0.6) is 11.5 Å². The fourth-order valence-corrected chi connectivity index (χ4v) is 2.98. The van der Waals surface area contributed by atoms with E-state index in [0.717, 1.165) is 6.07 Å². The predicted octanol–water partition coefficient (Wildman–Crippen LogP) is 5.56. The number of anilines is 1. The lowest BCUT2D eigenvalue weighted by molar-refractivity contribution is -0.138. The van der Waals surface area contributed by atoms with Crippen LogP contribution in [0.4, 0.5) is 18.9 Å². The van der Waals surface area contributed by atoms with Crippen molar-refractivity contribution in [1.82, 2.24) is 0 Å². The number of hydrogen-bond donors (Lipinski definition) is 1. The Kier molecular flexibility index (Phi) is 7.67. The normalized spacial score (nSPS) is 11.9. The van der Waals surface area contributed by atoms with Gasteiger partial charge in [0.15, 0.2) is 0 Å². The van der Waals surface area contributed by atoms with E-state index in [1.54, 1.807) is 65.9 Å². The summed E-state index contributed by atoms with van der Waals surface area (Å²) in [7, 11) is 1.65. The van der Waals surface area contributed by atoms with E-state index < -0.39 is 34.6 Å². The van der Waals surface area contributed by atoms with Gasteiger partial charge in [0.05, 0.1) is 5.56 Å². The lowest BCUT2D eigenvalue weighted by Gasteiger charge is -2.22. The maximum atomic E-state index is 13.3. The quantitative estimate of drug-likeness (QED) is 0.563. The molecule has 1 amide bonds. The number of benzene rings is 2. The maximum Gasteiger partial charge on any atom is 0.419 e. The maximum absolute atomic E-state index is 13.3. The SMILES string of the molecule is CC(C)C(=O)N(C)c1ccc(OCc2ccc(C(F)(F)F)c(O)c2C(=O)OC(C)(C)C)cc1. The van der Waals surface area contributed by atoms with Crippen LogP contribution in [0.3, 0.4) is 0 Å². The summed E-state index contributed by atoms with van der Waals surface area (Å²) >= 11 is 0. The van der Waals surface area contributed by atoms with Gasteiger partial charge in [-0.3, -0.25) is 4.79 Å². The summed E-state index contributed by atoms with van der Waals surface area (Å²) in [6.07, 6.45) is -4.85. The highest BCUT2D eigenvalue weighted by molar-refractivity contribution is 5.95. The van der Waals surface area contributed by atoms with E-state index in [2.05, 4.69) is 0 Å². The van der Waals surface area contributed by atoms with E-state index in [9.17, 15) is 27.9 Å². The zero-order chi connectivity index (χ0) is 25.1. The summed E-state index contributed by atoms with van der Waals surface area (Å²) < 4.78 is 50.6. The molecule has 33 heavy (non-hydrogen) atoms. The van der Waals surface area contributed by atoms with E-state index in [0.29, 0.717) is 17.5 Å². The van der Waals surface area contributed by atoms with Crippen molar-refractivity contribution in [3.8, 4) is 11.5 Å². The van der Waals surface area contributed by atoms with Crippen LogP contribution in [0.2, 0.25) is 0 Å². The molecule has 0 saturated carbocycles. The van der Waals surface area contributed by atoms with Crippen molar-refractivity contribution in [1.29, 1.82) is 0 Å². The van der Waals surface area contributed by atoms with Crippen LogP contribution in [0, 0.1) is 5.92 Å². The van der Waals surface area contributed by atoms with Gasteiger partial charge in [0, 0.05) is 24.2 Å². The third-order valence-corrected chi connectivity index (χ3v) is 4.62. The second kappa shape index (κ2) is 9.72. The molecular formula is C24H28F3NO5. The third kappa shape index (κ3) is 6.63. The second-order valence-electron chi connectivity index (χ2n) is 8.83.